The molecule has 0 aliphatic carbocycles. The van der Waals surface area contributed by atoms with Crippen LogP contribution in [0.15, 0.2) is 58.5 Å². The Morgan fingerprint density at radius 3 is 2.85 bits per heavy atom. The summed E-state index contributed by atoms with van der Waals surface area (Å²) in [6.45, 7) is 0.872. The maximum absolute atomic E-state index is 6.02. The van der Waals surface area contributed by atoms with Crippen molar-refractivity contribution in [3.63, 3.8) is 0 Å². The third-order valence-corrected chi connectivity index (χ3v) is 4.58. The van der Waals surface area contributed by atoms with Gasteiger partial charge in [-0.1, -0.05) is 47.6 Å². The Morgan fingerprint density at radius 1 is 1.15 bits per heavy atom. The number of hydrogen-bond acceptors (Lipinski definition) is 2. The number of benzene rings is 2. The third-order valence-electron chi connectivity index (χ3n) is 3.17. The summed E-state index contributed by atoms with van der Waals surface area (Å²) in [5, 5.41) is 5.17. The number of aromatic nitrogens is 1. The van der Waals surface area contributed by atoms with E-state index in [1.54, 1.807) is 11.8 Å². The lowest BCUT2D eigenvalue weighted by molar-refractivity contribution is 0.803. The highest BCUT2D eigenvalue weighted by atomic mass is 35.5. The molecular formula is C16H15ClN2S. The van der Waals surface area contributed by atoms with Crippen LogP contribution in [0.5, 0.6) is 0 Å². The number of nitrogens with one attached hydrogen (secondary N) is 2. The molecule has 0 bridgehead atoms. The molecule has 3 aromatic rings. The zero-order chi connectivity index (χ0) is 13.9. The largest absolute Gasteiger partial charge is 0.360 e. The molecule has 0 aliphatic rings. The van der Waals surface area contributed by atoms with Crippen LogP contribution < -0.4 is 5.32 Å². The van der Waals surface area contributed by atoms with Crippen molar-refractivity contribution in [2.45, 2.75) is 16.3 Å². The summed E-state index contributed by atoms with van der Waals surface area (Å²) < 4.78 is 0. The van der Waals surface area contributed by atoms with Crippen LogP contribution in [0.4, 0.5) is 0 Å². The second-order valence-corrected chi connectivity index (χ2v) is 6.10. The lowest BCUT2D eigenvalue weighted by Crippen LogP contribution is -2.05. The van der Waals surface area contributed by atoms with Gasteiger partial charge in [-0.25, -0.2) is 0 Å². The lowest BCUT2D eigenvalue weighted by Gasteiger charge is -2.07. The average Bonchev–Trinajstić information content (AvgIpc) is 2.83. The van der Waals surface area contributed by atoms with Crippen molar-refractivity contribution < 1.29 is 0 Å². The highest BCUT2D eigenvalue weighted by molar-refractivity contribution is 7.99. The van der Waals surface area contributed by atoms with E-state index >= 15 is 0 Å². The van der Waals surface area contributed by atoms with Crippen molar-refractivity contribution in [3.05, 3.63) is 59.2 Å². The minimum absolute atomic E-state index is 0.756. The first-order valence-electron chi connectivity index (χ1n) is 6.45. The van der Waals surface area contributed by atoms with Crippen molar-refractivity contribution in [3.8, 4) is 0 Å². The Bertz CT molecular complexity index is 736. The third kappa shape index (κ3) is 2.70. The van der Waals surface area contributed by atoms with Gasteiger partial charge in [0, 0.05) is 38.5 Å². The van der Waals surface area contributed by atoms with Crippen molar-refractivity contribution in [2.75, 3.05) is 7.05 Å². The number of hydrogen-bond donors (Lipinski definition) is 2. The van der Waals surface area contributed by atoms with Crippen molar-refractivity contribution in [1.29, 1.82) is 0 Å². The summed E-state index contributed by atoms with van der Waals surface area (Å²) in [5.41, 5.74) is 2.38. The number of fused-ring (bicyclic) bond motifs is 1. The maximum atomic E-state index is 6.02. The topological polar surface area (TPSA) is 27.8 Å². The molecule has 0 spiro atoms. The van der Waals surface area contributed by atoms with Crippen molar-refractivity contribution in [2.24, 2.45) is 0 Å². The van der Waals surface area contributed by atoms with Crippen LogP contribution in [-0.2, 0) is 6.54 Å². The summed E-state index contributed by atoms with van der Waals surface area (Å²) in [7, 11) is 1.97. The van der Waals surface area contributed by atoms with Crippen molar-refractivity contribution in [1.82, 2.24) is 10.3 Å². The molecule has 3 rings (SSSR count). The van der Waals surface area contributed by atoms with Crippen LogP contribution in [0.2, 0.25) is 5.02 Å². The van der Waals surface area contributed by atoms with E-state index in [0.29, 0.717) is 0 Å². The van der Waals surface area contributed by atoms with Gasteiger partial charge in [-0.2, -0.15) is 0 Å². The van der Waals surface area contributed by atoms with Crippen LogP contribution >= 0.6 is 23.4 Å². The summed E-state index contributed by atoms with van der Waals surface area (Å²) in [5.74, 6) is 0. The van der Waals surface area contributed by atoms with Crippen molar-refractivity contribution >= 4 is 34.3 Å². The van der Waals surface area contributed by atoms with E-state index < -0.39 is 0 Å². The monoisotopic (exact) mass is 302 g/mol. The Morgan fingerprint density at radius 2 is 2.00 bits per heavy atom. The number of H-pyrrole nitrogens is 1. The summed E-state index contributed by atoms with van der Waals surface area (Å²) in [6.07, 6.45) is 2.04. The smallest absolute Gasteiger partial charge is 0.0480 e. The molecule has 1 heterocycles. The molecule has 0 saturated heterocycles. The molecule has 0 saturated carbocycles. The fraction of sp³-hybridized carbons (Fsp3) is 0.125. The molecule has 20 heavy (non-hydrogen) atoms. The van der Waals surface area contributed by atoms with E-state index in [4.69, 9.17) is 11.6 Å². The summed E-state index contributed by atoms with van der Waals surface area (Å²) >= 11 is 7.80. The minimum Gasteiger partial charge on any atom is -0.360 e. The van der Waals surface area contributed by atoms with Crippen LogP contribution in [0.3, 0.4) is 0 Å². The van der Waals surface area contributed by atoms with Gasteiger partial charge in [-0.15, -0.1) is 0 Å². The molecule has 2 nitrogen and oxygen atoms in total. The standard InChI is InChI=1S/C16H15ClN2S/c1-18-9-11-4-2-3-5-15(11)20-16-10-19-14-8-12(17)6-7-13(14)16/h2-8,10,18-19H,9H2,1H3. The average molecular weight is 303 g/mol. The van der Waals surface area contributed by atoms with E-state index in [-0.39, 0.29) is 0 Å². The number of aromatic amines is 1. The SMILES string of the molecule is CNCc1ccccc1Sc1c[nH]c2cc(Cl)ccc12. The van der Waals surface area contributed by atoms with E-state index in [0.717, 1.165) is 17.1 Å². The normalized spacial score (nSPS) is 11.1. The predicted octanol–water partition coefficient (Wildman–Crippen LogP) is 4.69. The van der Waals surface area contributed by atoms with Gasteiger partial charge in [0.2, 0.25) is 0 Å². The van der Waals surface area contributed by atoms with Crippen LogP contribution in [0, 0.1) is 0 Å². The first-order chi connectivity index (χ1) is 9.78. The molecule has 0 fully saturated rings. The fourth-order valence-electron chi connectivity index (χ4n) is 2.21. The molecule has 4 heteroatoms. The van der Waals surface area contributed by atoms with Gasteiger partial charge in [-0.05, 0) is 30.8 Å². The van der Waals surface area contributed by atoms with E-state index in [1.165, 1.54) is 20.7 Å². The summed E-state index contributed by atoms with van der Waals surface area (Å²) in [6, 6.07) is 14.4. The molecular weight excluding hydrogens is 288 g/mol. The lowest BCUT2D eigenvalue weighted by atomic mass is 10.2. The molecule has 2 N–H and O–H groups in total. The second-order valence-electron chi connectivity index (χ2n) is 4.58. The molecule has 1 aromatic heterocycles. The zero-order valence-electron chi connectivity index (χ0n) is 11.1. The Kier molecular flexibility index (Phi) is 4.01. The van der Waals surface area contributed by atoms with Gasteiger partial charge in [0.05, 0.1) is 0 Å². The molecule has 0 radical (unpaired) electrons. The van der Waals surface area contributed by atoms with E-state index in [9.17, 15) is 0 Å². The zero-order valence-corrected chi connectivity index (χ0v) is 12.7. The van der Waals surface area contributed by atoms with Gasteiger partial charge in [0.1, 0.15) is 0 Å². The van der Waals surface area contributed by atoms with Gasteiger partial charge in [-0.3, -0.25) is 0 Å². The quantitative estimate of drug-likeness (QED) is 0.731. The Hall–Kier alpha value is -1.42. The first-order valence-corrected chi connectivity index (χ1v) is 7.64. The first kappa shape index (κ1) is 13.6. The Labute approximate surface area is 127 Å². The molecule has 0 unspecified atom stereocenters. The van der Waals surface area contributed by atoms with Gasteiger partial charge in [0.15, 0.2) is 0 Å². The van der Waals surface area contributed by atoms with Gasteiger partial charge in [0.25, 0.3) is 0 Å². The van der Waals surface area contributed by atoms with E-state index in [1.807, 2.05) is 25.4 Å². The molecule has 0 aliphatic heterocycles. The van der Waals surface area contributed by atoms with E-state index in [2.05, 4.69) is 40.6 Å². The maximum Gasteiger partial charge on any atom is 0.0480 e. The number of halogens is 1. The highest BCUT2D eigenvalue weighted by Gasteiger charge is 2.08. The van der Waals surface area contributed by atoms with Gasteiger partial charge >= 0.3 is 0 Å². The summed E-state index contributed by atoms with van der Waals surface area (Å²) in [4.78, 5) is 5.78. The Balaban J connectivity index is 1.97. The van der Waals surface area contributed by atoms with Crippen LogP contribution in [0.1, 0.15) is 5.56 Å². The second kappa shape index (κ2) is 5.92. The van der Waals surface area contributed by atoms with Crippen LogP contribution in [0.25, 0.3) is 10.9 Å². The molecule has 2 aromatic carbocycles. The minimum atomic E-state index is 0.756. The molecule has 102 valence electrons. The predicted molar refractivity (Wildman–Crippen MR) is 86.6 cm³/mol. The molecule has 0 atom stereocenters. The highest BCUT2D eigenvalue weighted by Crippen LogP contribution is 2.36. The number of rotatable bonds is 4. The molecule has 0 amide bonds. The fourth-order valence-corrected chi connectivity index (χ4v) is 3.45. The van der Waals surface area contributed by atoms with Gasteiger partial charge < -0.3 is 10.3 Å². The van der Waals surface area contributed by atoms with Crippen LogP contribution in [-0.4, -0.2) is 12.0 Å².